The summed E-state index contributed by atoms with van der Waals surface area (Å²) in [6.07, 6.45) is 3.91. The molecule has 1 aliphatic carbocycles. The van der Waals surface area contributed by atoms with Gasteiger partial charge in [0.1, 0.15) is 10.2 Å². The molecule has 1 aliphatic heterocycles. The number of aromatic nitrogens is 1. The van der Waals surface area contributed by atoms with Crippen molar-refractivity contribution in [3.63, 3.8) is 0 Å². The number of hydrogen-bond acceptors (Lipinski definition) is 5. The lowest BCUT2D eigenvalue weighted by Gasteiger charge is -2.48. The highest BCUT2D eigenvalue weighted by Gasteiger charge is 2.47. The second-order valence-electron chi connectivity index (χ2n) is 8.31. The molecule has 0 atom stereocenters. The topological polar surface area (TPSA) is 71.9 Å². The molecule has 7 heteroatoms. The molecule has 1 amide bonds. The third-order valence-corrected chi connectivity index (χ3v) is 5.78. The number of amides is 1. The highest BCUT2D eigenvalue weighted by atomic mass is 79.9. The number of morpholine rings is 1. The van der Waals surface area contributed by atoms with Crippen LogP contribution in [-0.4, -0.2) is 52.0 Å². The Morgan fingerprint density at radius 2 is 2.04 bits per heavy atom. The second kappa shape index (κ2) is 7.09. The molecule has 0 radical (unpaired) electrons. The molecule has 1 saturated heterocycles. The molecule has 144 valence electrons. The van der Waals surface area contributed by atoms with Crippen molar-refractivity contribution in [3.8, 4) is 0 Å². The quantitative estimate of drug-likeness (QED) is 0.694. The van der Waals surface area contributed by atoms with Gasteiger partial charge in [0.2, 0.25) is 0 Å². The summed E-state index contributed by atoms with van der Waals surface area (Å²) in [7, 11) is 0. The summed E-state index contributed by atoms with van der Waals surface area (Å²) in [6.45, 7) is 7.14. The summed E-state index contributed by atoms with van der Waals surface area (Å²) in [5, 5.41) is 11.1. The molecule has 0 aromatic carbocycles. The van der Waals surface area contributed by atoms with Gasteiger partial charge in [0.05, 0.1) is 24.4 Å². The molecule has 0 bridgehead atoms. The van der Waals surface area contributed by atoms with Gasteiger partial charge in [0, 0.05) is 18.3 Å². The van der Waals surface area contributed by atoms with Crippen molar-refractivity contribution in [2.24, 2.45) is 0 Å². The van der Waals surface area contributed by atoms with Crippen LogP contribution < -0.4 is 0 Å². The molecule has 1 N–H and O–H groups in total. The Bertz CT molecular complexity index is 666. The van der Waals surface area contributed by atoms with Crippen molar-refractivity contribution in [2.75, 3.05) is 19.7 Å². The van der Waals surface area contributed by atoms with Crippen molar-refractivity contribution in [2.45, 2.75) is 63.3 Å². The fraction of sp³-hybridized carbons (Fsp3) is 0.684. The van der Waals surface area contributed by atoms with Crippen LogP contribution in [0.5, 0.6) is 0 Å². The number of ether oxygens (including phenoxy) is 2. The molecule has 2 aliphatic rings. The lowest BCUT2D eigenvalue weighted by molar-refractivity contribution is -0.155. The average molecular weight is 427 g/mol. The van der Waals surface area contributed by atoms with Crippen LogP contribution in [-0.2, 0) is 15.1 Å². The largest absolute Gasteiger partial charge is 0.444 e. The van der Waals surface area contributed by atoms with E-state index in [2.05, 4.69) is 20.9 Å². The van der Waals surface area contributed by atoms with Gasteiger partial charge in [-0.1, -0.05) is 6.07 Å². The molecule has 1 saturated carbocycles. The number of carbonyl (C=O) groups excluding carboxylic acids is 1. The van der Waals surface area contributed by atoms with Crippen LogP contribution in [0.25, 0.3) is 0 Å². The second-order valence-corrected chi connectivity index (χ2v) is 9.06. The summed E-state index contributed by atoms with van der Waals surface area (Å²) in [5.41, 5.74) is -1.02. The predicted molar refractivity (Wildman–Crippen MR) is 101 cm³/mol. The van der Waals surface area contributed by atoms with E-state index in [1.54, 1.807) is 11.1 Å². The maximum absolute atomic E-state index is 12.4. The molecular formula is C19H27BrN2O4. The van der Waals surface area contributed by atoms with Crippen molar-refractivity contribution < 1.29 is 19.4 Å². The number of rotatable bonds is 1. The third kappa shape index (κ3) is 4.21. The monoisotopic (exact) mass is 426 g/mol. The highest BCUT2D eigenvalue weighted by molar-refractivity contribution is 9.10. The molecule has 26 heavy (non-hydrogen) atoms. The summed E-state index contributed by atoms with van der Waals surface area (Å²) in [5.74, 6) is 0. The van der Waals surface area contributed by atoms with E-state index in [0.29, 0.717) is 50.0 Å². The number of pyridine rings is 1. The smallest absolute Gasteiger partial charge is 0.410 e. The Morgan fingerprint density at radius 3 is 2.65 bits per heavy atom. The fourth-order valence-electron chi connectivity index (χ4n) is 3.75. The van der Waals surface area contributed by atoms with Gasteiger partial charge in [0.25, 0.3) is 0 Å². The Labute approximate surface area is 163 Å². The Hall–Kier alpha value is -1.18. The van der Waals surface area contributed by atoms with E-state index < -0.39 is 16.8 Å². The number of nitrogens with zero attached hydrogens (tertiary/aromatic N) is 2. The number of halogens is 1. The number of carbonyl (C=O) groups is 1. The Balaban J connectivity index is 1.68. The first-order chi connectivity index (χ1) is 12.1. The molecule has 3 rings (SSSR count). The van der Waals surface area contributed by atoms with Crippen LogP contribution in [0.15, 0.2) is 22.9 Å². The van der Waals surface area contributed by atoms with E-state index in [9.17, 15) is 9.90 Å². The Morgan fingerprint density at radius 1 is 1.35 bits per heavy atom. The van der Waals surface area contributed by atoms with Gasteiger partial charge < -0.3 is 19.5 Å². The zero-order valence-corrected chi connectivity index (χ0v) is 17.2. The van der Waals surface area contributed by atoms with E-state index in [4.69, 9.17) is 9.47 Å². The number of hydrogen-bond donors (Lipinski definition) is 1. The fourth-order valence-corrected chi connectivity index (χ4v) is 4.37. The van der Waals surface area contributed by atoms with Gasteiger partial charge in [-0.05, 0) is 68.5 Å². The van der Waals surface area contributed by atoms with Crippen LogP contribution in [0.3, 0.4) is 0 Å². The predicted octanol–water partition coefficient (Wildman–Crippen LogP) is 3.61. The molecule has 6 nitrogen and oxygen atoms in total. The minimum Gasteiger partial charge on any atom is -0.444 e. The van der Waals surface area contributed by atoms with Crippen LogP contribution >= 0.6 is 15.9 Å². The Kier molecular flexibility index (Phi) is 5.34. The maximum atomic E-state index is 12.4. The summed E-state index contributed by atoms with van der Waals surface area (Å²) in [6, 6.07) is 3.74. The zero-order chi connectivity index (χ0) is 19.0. The van der Waals surface area contributed by atoms with Crippen molar-refractivity contribution in [1.82, 2.24) is 9.88 Å². The average Bonchev–Trinajstić information content (AvgIpc) is 2.57. The highest BCUT2D eigenvalue weighted by Crippen LogP contribution is 2.45. The van der Waals surface area contributed by atoms with Gasteiger partial charge in [-0.2, -0.15) is 0 Å². The summed E-state index contributed by atoms with van der Waals surface area (Å²) in [4.78, 5) is 18.4. The third-order valence-electron chi connectivity index (χ3n) is 5.15. The van der Waals surface area contributed by atoms with Gasteiger partial charge in [-0.15, -0.1) is 0 Å². The van der Waals surface area contributed by atoms with Gasteiger partial charge in [-0.25, -0.2) is 9.78 Å². The van der Waals surface area contributed by atoms with Crippen molar-refractivity contribution >= 4 is 22.0 Å². The molecule has 1 aromatic heterocycles. The molecule has 1 aromatic rings. The van der Waals surface area contributed by atoms with Crippen molar-refractivity contribution in [3.05, 3.63) is 28.5 Å². The van der Waals surface area contributed by atoms with E-state index in [1.807, 2.05) is 32.9 Å². The normalized spacial score (nSPS) is 29.7. The van der Waals surface area contributed by atoms with E-state index >= 15 is 0 Å². The molecule has 2 heterocycles. The van der Waals surface area contributed by atoms with Gasteiger partial charge in [0.15, 0.2) is 0 Å². The van der Waals surface area contributed by atoms with Crippen molar-refractivity contribution in [1.29, 1.82) is 0 Å². The van der Waals surface area contributed by atoms with Crippen LogP contribution in [0, 0.1) is 0 Å². The van der Waals surface area contributed by atoms with Crippen LogP contribution in [0.1, 0.15) is 52.0 Å². The summed E-state index contributed by atoms with van der Waals surface area (Å²) >= 11 is 3.44. The maximum Gasteiger partial charge on any atom is 0.410 e. The van der Waals surface area contributed by atoms with Crippen LogP contribution in [0.4, 0.5) is 4.79 Å². The van der Waals surface area contributed by atoms with E-state index in [-0.39, 0.29) is 6.09 Å². The van der Waals surface area contributed by atoms with Gasteiger partial charge in [-0.3, -0.25) is 0 Å². The summed E-state index contributed by atoms with van der Waals surface area (Å²) < 4.78 is 12.3. The molecule has 0 unspecified atom stereocenters. The molecule has 2 fully saturated rings. The van der Waals surface area contributed by atoms with E-state index in [0.717, 1.165) is 5.56 Å². The molecule has 1 spiro atoms. The SMILES string of the molecule is CC(C)(C)OC(=O)N1CCOC2(CCC(O)(c3cccnc3Br)CC2)C1. The minimum absolute atomic E-state index is 0.295. The van der Waals surface area contributed by atoms with E-state index in [1.165, 1.54) is 0 Å². The minimum atomic E-state index is -0.921. The first-order valence-corrected chi connectivity index (χ1v) is 9.87. The first-order valence-electron chi connectivity index (χ1n) is 9.08. The van der Waals surface area contributed by atoms with Gasteiger partial charge >= 0.3 is 6.09 Å². The lowest BCUT2D eigenvalue weighted by Crippen LogP contribution is -2.57. The number of aliphatic hydroxyl groups is 1. The standard InChI is InChI=1S/C19H27BrN2O4/c1-17(2,3)26-16(23)22-11-12-25-18(13-22)6-8-19(24,9-7-18)14-5-4-10-21-15(14)20/h4-5,10,24H,6-9,11-13H2,1-3H3. The lowest BCUT2D eigenvalue weighted by atomic mass is 9.72. The zero-order valence-electron chi connectivity index (χ0n) is 15.6. The first kappa shape index (κ1) is 19.6. The van der Waals surface area contributed by atoms with Crippen LogP contribution in [0.2, 0.25) is 0 Å². The molecular weight excluding hydrogens is 400 g/mol.